The first kappa shape index (κ1) is 29.8. The average Bonchev–Trinajstić information content (AvgIpc) is 3.32. The number of carbonyl (C=O) groups is 2. The highest BCUT2D eigenvalue weighted by atomic mass is 32.3. The lowest BCUT2D eigenvalue weighted by molar-refractivity contribution is -0.886. The first-order chi connectivity index (χ1) is 19.4. The average molecular weight is 581 g/mol. The Morgan fingerprint density at radius 2 is 1.56 bits per heavy atom. The molecule has 1 heterocycles. The summed E-state index contributed by atoms with van der Waals surface area (Å²) in [6.07, 6.45) is 2.53. The summed E-state index contributed by atoms with van der Waals surface area (Å²) in [4.78, 5) is 30.3. The van der Waals surface area contributed by atoms with Crippen molar-refractivity contribution in [2.45, 2.75) is 31.5 Å². The number of likely N-dealkylation sites (N-methyl/N-ethyl adjacent to an activating group) is 1. The molecule has 1 aromatic heterocycles. The van der Waals surface area contributed by atoms with Crippen LogP contribution in [-0.2, 0) is 44.2 Å². The first-order valence-corrected chi connectivity index (χ1v) is 14.4. The number of rotatable bonds is 12. The predicted molar refractivity (Wildman–Crippen MR) is 154 cm³/mol. The Balaban J connectivity index is 1.53. The number of fused-ring (bicyclic) bond motifs is 1. The molecule has 10 nitrogen and oxygen atoms in total. The van der Waals surface area contributed by atoms with Crippen molar-refractivity contribution in [1.29, 1.82) is 0 Å². The summed E-state index contributed by atoms with van der Waals surface area (Å²) >= 11 is 0. The summed E-state index contributed by atoms with van der Waals surface area (Å²) in [6, 6.07) is 21.7. The zero-order valence-electron chi connectivity index (χ0n) is 23.1. The second-order valence-electron chi connectivity index (χ2n) is 10.7. The van der Waals surface area contributed by atoms with E-state index in [-0.39, 0.29) is 24.7 Å². The van der Waals surface area contributed by atoms with Gasteiger partial charge < -0.3 is 23.7 Å². The van der Waals surface area contributed by atoms with Crippen LogP contribution in [-0.4, -0.2) is 67.5 Å². The zero-order valence-corrected chi connectivity index (χ0v) is 23.9. The minimum atomic E-state index is -4.65. The zero-order chi connectivity index (χ0) is 29.6. The number of quaternary nitrogens is 1. The van der Waals surface area contributed by atoms with Crippen molar-refractivity contribution in [3.05, 3.63) is 102 Å². The fourth-order valence-electron chi connectivity index (χ4n) is 4.56. The van der Waals surface area contributed by atoms with E-state index in [2.05, 4.69) is 14.5 Å². The van der Waals surface area contributed by atoms with E-state index >= 15 is 0 Å². The Morgan fingerprint density at radius 3 is 2.22 bits per heavy atom. The van der Waals surface area contributed by atoms with E-state index < -0.39 is 28.5 Å². The molecule has 0 saturated carbocycles. The van der Waals surface area contributed by atoms with Gasteiger partial charge in [-0.1, -0.05) is 60.7 Å². The predicted octanol–water partition coefficient (Wildman–Crippen LogP) is 3.44. The fourth-order valence-corrected chi connectivity index (χ4v) is 4.91. The number of carbonyl (C=O) groups excluding carboxylic acids is 2. The minimum absolute atomic E-state index is 0.0863. The molecule has 0 fully saturated rings. The van der Waals surface area contributed by atoms with Crippen LogP contribution in [0.25, 0.3) is 10.9 Å². The van der Waals surface area contributed by atoms with Gasteiger partial charge in [-0.25, -0.2) is 4.79 Å². The summed E-state index contributed by atoms with van der Waals surface area (Å²) < 4.78 is 41.0. The number of nitrogens with zero attached hydrogens (tertiary/aromatic N) is 1. The number of hydrogen-bond acceptors (Lipinski definition) is 6. The van der Waals surface area contributed by atoms with E-state index in [1.54, 1.807) is 0 Å². The van der Waals surface area contributed by atoms with Gasteiger partial charge in [-0.2, -0.15) is 8.42 Å². The van der Waals surface area contributed by atoms with Crippen LogP contribution in [0.1, 0.15) is 16.7 Å². The van der Waals surface area contributed by atoms with Gasteiger partial charge in [0.05, 0.1) is 21.1 Å². The molecule has 4 rings (SSSR count). The summed E-state index contributed by atoms with van der Waals surface area (Å²) in [5.74, 6) is -0.964. The third-order valence-corrected chi connectivity index (χ3v) is 7.12. The number of esters is 1. The van der Waals surface area contributed by atoms with Gasteiger partial charge in [0.25, 0.3) is 5.91 Å². The maximum Gasteiger partial charge on any atom is 0.446 e. The van der Waals surface area contributed by atoms with Crippen LogP contribution in [0.15, 0.2) is 85.1 Å². The first-order valence-electron chi connectivity index (χ1n) is 13.0. The van der Waals surface area contributed by atoms with Crippen molar-refractivity contribution in [2.75, 3.05) is 21.1 Å². The van der Waals surface area contributed by atoms with Crippen molar-refractivity contribution in [1.82, 2.24) is 10.3 Å². The molecule has 3 aromatic carbocycles. The van der Waals surface area contributed by atoms with E-state index in [1.165, 1.54) is 24.3 Å². The second kappa shape index (κ2) is 12.5. The van der Waals surface area contributed by atoms with Gasteiger partial charge in [-0.15, -0.1) is 0 Å². The summed E-state index contributed by atoms with van der Waals surface area (Å²) in [5, 5.41) is 3.91. The van der Waals surface area contributed by atoms with Crippen LogP contribution < -0.4 is 9.50 Å². The maximum atomic E-state index is 13.7. The molecule has 216 valence electrons. The molecule has 1 amide bonds. The van der Waals surface area contributed by atoms with Crippen LogP contribution >= 0.6 is 0 Å². The fraction of sp³-hybridized carbons (Fsp3) is 0.267. The Morgan fingerprint density at radius 1 is 0.902 bits per heavy atom. The van der Waals surface area contributed by atoms with Gasteiger partial charge in [0.15, 0.2) is 6.04 Å². The largest absolute Gasteiger partial charge is 0.459 e. The van der Waals surface area contributed by atoms with Gasteiger partial charge in [0, 0.05) is 29.9 Å². The van der Waals surface area contributed by atoms with Crippen molar-refractivity contribution in [3.63, 3.8) is 0 Å². The number of H-pyrrole nitrogens is 1. The number of amides is 1. The highest BCUT2D eigenvalue weighted by Crippen LogP contribution is 2.21. The third-order valence-electron chi connectivity index (χ3n) is 6.72. The number of nitrogens with one attached hydrogen (secondary N) is 2. The monoisotopic (exact) mass is 580 g/mol. The van der Waals surface area contributed by atoms with Gasteiger partial charge in [-0.05, 0) is 34.9 Å². The topological polar surface area (TPSA) is 135 Å². The smallest absolute Gasteiger partial charge is 0.446 e. The molecular formula is C30H34N3O7S+. The number of benzene rings is 3. The molecule has 2 atom stereocenters. The molecule has 0 radical (unpaired) electrons. The Kier molecular flexibility index (Phi) is 9.11. The number of aromatic amines is 1. The van der Waals surface area contributed by atoms with Crippen LogP contribution in [0.4, 0.5) is 0 Å². The van der Waals surface area contributed by atoms with Crippen molar-refractivity contribution < 1.29 is 36.0 Å². The molecule has 3 N–H and O–H groups in total. The van der Waals surface area contributed by atoms with Crippen LogP contribution in [0.5, 0.6) is 5.75 Å². The molecular weight excluding hydrogens is 546 g/mol. The number of hydrogen-bond donors (Lipinski definition) is 3. The normalized spacial score (nSPS) is 13.4. The molecule has 2 unspecified atom stereocenters. The molecule has 0 spiro atoms. The minimum Gasteiger partial charge on any atom is -0.459 e. The van der Waals surface area contributed by atoms with Gasteiger partial charge in [0.1, 0.15) is 18.4 Å². The lowest BCUT2D eigenvalue weighted by Crippen LogP contribution is -2.58. The molecule has 0 aliphatic rings. The SMILES string of the molecule is C[N+](C)(C)C(Cc1ccccc1)C(=O)NC(Cc1c[nH]c2ccccc12)C(=O)OCc1ccc(OS(=O)(=O)O)cc1. The lowest BCUT2D eigenvalue weighted by Gasteiger charge is -2.34. The van der Waals surface area contributed by atoms with E-state index in [9.17, 15) is 18.0 Å². The molecule has 0 saturated heterocycles. The molecule has 11 heteroatoms. The van der Waals surface area contributed by atoms with Crippen molar-refractivity contribution in [3.8, 4) is 5.75 Å². The van der Waals surface area contributed by atoms with Crippen molar-refractivity contribution >= 4 is 33.2 Å². The lowest BCUT2D eigenvalue weighted by atomic mass is 10.0. The van der Waals surface area contributed by atoms with Crippen LogP contribution in [0, 0.1) is 0 Å². The van der Waals surface area contributed by atoms with E-state index in [1.807, 2.05) is 81.9 Å². The van der Waals surface area contributed by atoms with Crippen LogP contribution in [0.3, 0.4) is 0 Å². The highest BCUT2D eigenvalue weighted by Gasteiger charge is 2.35. The Labute approximate surface area is 239 Å². The van der Waals surface area contributed by atoms with Gasteiger partial charge in [-0.3, -0.25) is 9.35 Å². The maximum absolute atomic E-state index is 13.7. The van der Waals surface area contributed by atoms with Crippen LogP contribution in [0.2, 0.25) is 0 Å². The van der Waals surface area contributed by atoms with E-state index in [4.69, 9.17) is 9.29 Å². The number of para-hydroxylation sites is 1. The molecule has 0 aliphatic carbocycles. The number of aromatic nitrogens is 1. The summed E-state index contributed by atoms with van der Waals surface area (Å²) in [7, 11) is 1.17. The second-order valence-corrected chi connectivity index (χ2v) is 11.7. The summed E-state index contributed by atoms with van der Waals surface area (Å²) in [5.41, 5.74) is 3.35. The van der Waals surface area contributed by atoms with Gasteiger partial charge >= 0.3 is 16.4 Å². The molecule has 0 bridgehead atoms. The third kappa shape index (κ3) is 8.40. The molecule has 4 aromatic rings. The molecule has 41 heavy (non-hydrogen) atoms. The highest BCUT2D eigenvalue weighted by molar-refractivity contribution is 7.81. The van der Waals surface area contributed by atoms with Crippen molar-refractivity contribution in [2.24, 2.45) is 0 Å². The quantitative estimate of drug-likeness (QED) is 0.133. The molecule has 0 aliphatic heterocycles. The van der Waals surface area contributed by atoms with E-state index in [0.29, 0.717) is 16.5 Å². The van der Waals surface area contributed by atoms with Gasteiger partial charge in [0.2, 0.25) is 0 Å². The Hall–Kier alpha value is -4.19. The Bertz CT molecular complexity index is 1590. The number of ether oxygens (including phenoxy) is 1. The standard InChI is InChI=1S/C30H33N3O7S/c1-33(2,3)28(17-21-9-5-4-6-10-21)29(34)32-27(18-23-19-31-26-12-8-7-11-25(23)26)30(35)39-20-22-13-15-24(16-14-22)40-41(36,37)38/h4-16,19,27-28,31H,17-18,20H2,1-3H3,(H-,32,34,36,37,38)/p+1. The van der Waals surface area contributed by atoms with E-state index in [0.717, 1.165) is 22.0 Å². The summed E-state index contributed by atoms with van der Waals surface area (Å²) in [6.45, 7) is -0.117.